The number of carbonyl (C=O) groups is 1. The van der Waals surface area contributed by atoms with Crippen LogP contribution in [0.3, 0.4) is 0 Å². The number of nitrogens with one attached hydrogen (secondary N) is 1. The Kier molecular flexibility index (Phi) is 4.39. The SMILES string of the molecule is Cc1nc(-n2cccc2)sc1C(=O)NCCn1cnc2ccsc2c1=O. The zero-order valence-electron chi connectivity index (χ0n) is 13.9. The molecule has 0 aliphatic carbocycles. The molecule has 0 fully saturated rings. The molecule has 1 amide bonds. The molecule has 0 saturated carbocycles. The first-order chi connectivity index (χ1) is 12.6. The van der Waals surface area contributed by atoms with E-state index in [-0.39, 0.29) is 11.5 Å². The Morgan fingerprint density at radius 3 is 2.92 bits per heavy atom. The van der Waals surface area contributed by atoms with Crippen LogP contribution >= 0.6 is 22.7 Å². The van der Waals surface area contributed by atoms with E-state index in [0.717, 1.165) is 5.13 Å². The molecule has 7 nitrogen and oxygen atoms in total. The molecular formula is C17H15N5O2S2. The van der Waals surface area contributed by atoms with Gasteiger partial charge in [0.2, 0.25) is 0 Å². The quantitative estimate of drug-likeness (QED) is 0.572. The van der Waals surface area contributed by atoms with E-state index in [1.54, 1.807) is 0 Å². The first-order valence-electron chi connectivity index (χ1n) is 7.95. The van der Waals surface area contributed by atoms with Crippen molar-refractivity contribution in [2.45, 2.75) is 13.5 Å². The van der Waals surface area contributed by atoms with Crippen molar-refractivity contribution in [3.8, 4) is 5.13 Å². The van der Waals surface area contributed by atoms with E-state index in [1.165, 1.54) is 33.6 Å². The van der Waals surface area contributed by atoms with E-state index in [4.69, 9.17) is 0 Å². The third-order valence-electron chi connectivity index (χ3n) is 3.89. The van der Waals surface area contributed by atoms with Crippen LogP contribution < -0.4 is 10.9 Å². The highest BCUT2D eigenvalue weighted by Crippen LogP contribution is 2.21. The Morgan fingerprint density at radius 1 is 1.31 bits per heavy atom. The van der Waals surface area contributed by atoms with Crippen molar-refractivity contribution in [3.05, 3.63) is 63.2 Å². The lowest BCUT2D eigenvalue weighted by Crippen LogP contribution is -2.30. The van der Waals surface area contributed by atoms with Gasteiger partial charge in [0.05, 0.1) is 17.5 Å². The summed E-state index contributed by atoms with van der Waals surface area (Å²) in [4.78, 5) is 34.0. The molecule has 0 radical (unpaired) electrons. The lowest BCUT2D eigenvalue weighted by molar-refractivity contribution is 0.0955. The summed E-state index contributed by atoms with van der Waals surface area (Å²) >= 11 is 2.71. The molecule has 4 heterocycles. The van der Waals surface area contributed by atoms with Gasteiger partial charge in [0.25, 0.3) is 11.5 Å². The second kappa shape index (κ2) is 6.85. The van der Waals surface area contributed by atoms with E-state index in [2.05, 4.69) is 15.3 Å². The summed E-state index contributed by atoms with van der Waals surface area (Å²) in [5.41, 5.74) is 1.32. The maximum absolute atomic E-state index is 12.4. The second-order valence-electron chi connectivity index (χ2n) is 5.64. The Balaban J connectivity index is 1.44. The maximum atomic E-state index is 12.4. The summed E-state index contributed by atoms with van der Waals surface area (Å²) in [5, 5.41) is 5.45. The average molecular weight is 385 g/mol. The zero-order valence-corrected chi connectivity index (χ0v) is 15.5. The number of aryl methyl sites for hydroxylation is 1. The Labute approximate surface area is 156 Å². The lowest BCUT2D eigenvalue weighted by atomic mass is 10.3. The monoisotopic (exact) mass is 385 g/mol. The molecule has 0 aliphatic rings. The second-order valence-corrected chi connectivity index (χ2v) is 7.53. The van der Waals surface area contributed by atoms with Crippen molar-refractivity contribution in [1.29, 1.82) is 0 Å². The van der Waals surface area contributed by atoms with Gasteiger partial charge >= 0.3 is 0 Å². The van der Waals surface area contributed by atoms with Crippen molar-refractivity contribution < 1.29 is 4.79 Å². The van der Waals surface area contributed by atoms with Crippen molar-refractivity contribution in [2.75, 3.05) is 6.54 Å². The lowest BCUT2D eigenvalue weighted by Gasteiger charge is -2.06. The number of nitrogens with zero attached hydrogens (tertiary/aromatic N) is 4. The van der Waals surface area contributed by atoms with Crippen LogP contribution in [0.2, 0.25) is 0 Å². The van der Waals surface area contributed by atoms with Crippen LogP contribution in [-0.2, 0) is 6.54 Å². The van der Waals surface area contributed by atoms with Crippen LogP contribution in [-0.4, -0.2) is 31.6 Å². The van der Waals surface area contributed by atoms with Crippen molar-refractivity contribution in [1.82, 2.24) is 24.4 Å². The fraction of sp³-hybridized carbons (Fsp3) is 0.176. The summed E-state index contributed by atoms with van der Waals surface area (Å²) in [6.45, 7) is 2.53. The molecule has 132 valence electrons. The van der Waals surface area contributed by atoms with Gasteiger partial charge in [-0.1, -0.05) is 11.3 Å². The van der Waals surface area contributed by atoms with Crippen molar-refractivity contribution in [2.24, 2.45) is 0 Å². The number of carbonyl (C=O) groups excluding carboxylic acids is 1. The minimum atomic E-state index is -0.184. The molecule has 4 aromatic heterocycles. The Bertz CT molecular complexity index is 1120. The molecule has 0 aliphatic heterocycles. The van der Waals surface area contributed by atoms with Crippen LogP contribution in [0.1, 0.15) is 15.4 Å². The van der Waals surface area contributed by atoms with E-state index in [0.29, 0.717) is 33.9 Å². The smallest absolute Gasteiger partial charge is 0.271 e. The van der Waals surface area contributed by atoms with E-state index >= 15 is 0 Å². The summed E-state index contributed by atoms with van der Waals surface area (Å²) in [7, 11) is 0. The van der Waals surface area contributed by atoms with Gasteiger partial charge in [0, 0.05) is 25.5 Å². The highest BCUT2D eigenvalue weighted by molar-refractivity contribution is 7.17. The molecular weight excluding hydrogens is 370 g/mol. The van der Waals surface area contributed by atoms with Crippen LogP contribution in [0, 0.1) is 6.92 Å². The molecule has 0 saturated heterocycles. The summed E-state index contributed by atoms with van der Waals surface area (Å²) in [6.07, 6.45) is 5.30. The molecule has 0 atom stereocenters. The molecule has 26 heavy (non-hydrogen) atoms. The van der Waals surface area contributed by atoms with Gasteiger partial charge in [0.1, 0.15) is 9.58 Å². The third kappa shape index (κ3) is 3.06. The largest absolute Gasteiger partial charge is 0.349 e. The van der Waals surface area contributed by atoms with Gasteiger partial charge in [-0.3, -0.25) is 14.2 Å². The van der Waals surface area contributed by atoms with Crippen molar-refractivity contribution in [3.63, 3.8) is 0 Å². The number of fused-ring (bicyclic) bond motifs is 1. The summed E-state index contributed by atoms with van der Waals surface area (Å²) in [6, 6.07) is 5.64. The highest BCUT2D eigenvalue weighted by atomic mass is 32.1. The van der Waals surface area contributed by atoms with Crippen LogP contribution in [0.5, 0.6) is 0 Å². The van der Waals surface area contributed by atoms with Crippen LogP contribution in [0.4, 0.5) is 0 Å². The third-order valence-corrected chi connectivity index (χ3v) is 5.95. The molecule has 9 heteroatoms. The average Bonchev–Trinajstić information content (AvgIpc) is 3.36. The van der Waals surface area contributed by atoms with E-state index < -0.39 is 0 Å². The number of hydrogen-bond acceptors (Lipinski definition) is 6. The predicted octanol–water partition coefficient (Wildman–Crippen LogP) is 2.44. The molecule has 0 spiro atoms. The van der Waals surface area contributed by atoms with Crippen LogP contribution in [0.15, 0.2) is 47.1 Å². The fourth-order valence-electron chi connectivity index (χ4n) is 2.57. The minimum Gasteiger partial charge on any atom is -0.349 e. The predicted molar refractivity (Wildman–Crippen MR) is 102 cm³/mol. The van der Waals surface area contributed by atoms with E-state index in [9.17, 15) is 9.59 Å². The van der Waals surface area contributed by atoms with Gasteiger partial charge in [-0.05, 0) is 30.5 Å². The van der Waals surface area contributed by atoms with E-state index in [1.807, 2.05) is 47.5 Å². The molecule has 0 unspecified atom stereocenters. The maximum Gasteiger partial charge on any atom is 0.271 e. The number of thiazole rings is 1. The van der Waals surface area contributed by atoms with Gasteiger partial charge in [-0.2, -0.15) is 0 Å². The molecule has 0 aromatic carbocycles. The topological polar surface area (TPSA) is 81.8 Å². The van der Waals surface area contributed by atoms with Gasteiger partial charge < -0.3 is 9.88 Å². The minimum absolute atomic E-state index is 0.0805. The van der Waals surface area contributed by atoms with Gasteiger partial charge in [-0.25, -0.2) is 9.97 Å². The fourth-order valence-corrected chi connectivity index (χ4v) is 4.32. The first kappa shape index (κ1) is 16.7. The normalized spacial score (nSPS) is 11.1. The van der Waals surface area contributed by atoms with Crippen LogP contribution in [0.25, 0.3) is 15.3 Å². The summed E-state index contributed by atoms with van der Waals surface area (Å²) < 4.78 is 4.02. The summed E-state index contributed by atoms with van der Waals surface area (Å²) in [5.74, 6) is -0.184. The Morgan fingerprint density at radius 2 is 2.12 bits per heavy atom. The molecule has 0 bridgehead atoms. The first-order valence-corrected chi connectivity index (χ1v) is 9.65. The number of amides is 1. The standard InChI is InChI=1S/C17H15N5O2S2/c1-11-13(26-17(20-11)21-6-2-3-7-21)15(23)18-5-8-22-10-19-12-4-9-25-14(12)16(22)24/h2-4,6-7,9-10H,5,8H2,1H3,(H,18,23). The zero-order chi connectivity index (χ0) is 18.1. The number of hydrogen-bond donors (Lipinski definition) is 1. The van der Waals surface area contributed by atoms with Gasteiger partial charge in [-0.15, -0.1) is 11.3 Å². The molecule has 4 aromatic rings. The van der Waals surface area contributed by atoms with Gasteiger partial charge in [0.15, 0.2) is 5.13 Å². The number of aromatic nitrogens is 4. The molecule has 1 N–H and O–H groups in total. The van der Waals surface area contributed by atoms with Crippen molar-refractivity contribution >= 4 is 38.8 Å². The Hall–Kier alpha value is -2.78. The number of thiophene rings is 1. The molecule has 4 rings (SSSR count). The number of rotatable bonds is 5. The highest BCUT2D eigenvalue weighted by Gasteiger charge is 2.15.